The molecule has 3 aromatic rings. The molecule has 1 aromatic carbocycles. The fourth-order valence-corrected chi connectivity index (χ4v) is 4.95. The van der Waals surface area contributed by atoms with Crippen molar-refractivity contribution in [2.75, 3.05) is 31.6 Å². The summed E-state index contributed by atoms with van der Waals surface area (Å²) in [6.07, 6.45) is 3.34. The van der Waals surface area contributed by atoms with Gasteiger partial charge in [0.15, 0.2) is 23.8 Å². The van der Waals surface area contributed by atoms with Crippen molar-refractivity contribution < 1.29 is 22.9 Å². The number of fused-ring (bicyclic) bond motifs is 1. The normalized spacial score (nSPS) is 17.5. The van der Waals surface area contributed by atoms with Gasteiger partial charge in [0.1, 0.15) is 17.3 Å². The summed E-state index contributed by atoms with van der Waals surface area (Å²) in [5, 5.41) is 23.6. The first-order valence-corrected chi connectivity index (χ1v) is 14.5. The third-order valence-corrected chi connectivity index (χ3v) is 7.20. The van der Waals surface area contributed by atoms with Crippen LogP contribution in [-0.4, -0.2) is 81.0 Å². The number of aromatic nitrogens is 3. The highest BCUT2D eigenvalue weighted by atomic mass is 35.5. The van der Waals surface area contributed by atoms with Gasteiger partial charge < -0.3 is 25.0 Å². The number of nitrogens with zero attached hydrogens (tertiary/aromatic N) is 5. The predicted molar refractivity (Wildman–Crippen MR) is 162 cm³/mol. The molecule has 2 aliphatic rings. The van der Waals surface area contributed by atoms with Crippen molar-refractivity contribution in [3.63, 3.8) is 0 Å². The van der Waals surface area contributed by atoms with Crippen molar-refractivity contribution >= 4 is 58.8 Å². The van der Waals surface area contributed by atoms with Crippen LogP contribution in [0.2, 0.25) is 5.02 Å². The van der Waals surface area contributed by atoms with E-state index in [0.29, 0.717) is 42.5 Å². The van der Waals surface area contributed by atoms with Crippen LogP contribution in [0.15, 0.2) is 30.6 Å². The molecule has 4 heterocycles. The van der Waals surface area contributed by atoms with Crippen LogP contribution in [0.3, 0.4) is 0 Å². The molecule has 0 spiro atoms. The smallest absolute Gasteiger partial charge is 0.255 e. The lowest BCUT2D eigenvalue weighted by atomic mass is 10.0. The van der Waals surface area contributed by atoms with Crippen molar-refractivity contribution in [2.45, 2.75) is 45.6 Å². The zero-order chi connectivity index (χ0) is 31.3. The van der Waals surface area contributed by atoms with Gasteiger partial charge in [0.05, 0.1) is 36.1 Å². The van der Waals surface area contributed by atoms with Gasteiger partial charge in [-0.05, 0) is 45.9 Å². The van der Waals surface area contributed by atoms with Crippen LogP contribution in [0.4, 0.5) is 9.57 Å². The summed E-state index contributed by atoms with van der Waals surface area (Å²) in [6.45, 7) is 9.50. The molecule has 0 saturated carbocycles. The van der Waals surface area contributed by atoms with E-state index in [2.05, 4.69) is 26.7 Å². The summed E-state index contributed by atoms with van der Waals surface area (Å²) >= 11 is 6.14. The first kappa shape index (κ1) is 32.2. The molecule has 2 saturated heterocycles. The maximum Gasteiger partial charge on any atom is 0.255 e. The zero-order valence-electron chi connectivity index (χ0n) is 24.1. The Labute approximate surface area is 257 Å². The van der Waals surface area contributed by atoms with E-state index in [9.17, 15) is 13.5 Å². The Morgan fingerprint density at radius 3 is 2.72 bits per heavy atom. The lowest BCUT2D eigenvalue weighted by Gasteiger charge is -2.31. The number of nitriles is 1. The molecule has 228 valence electrons. The average molecular weight is 631 g/mol. The minimum absolute atomic E-state index is 0.0679. The molecule has 2 aromatic heterocycles. The fourth-order valence-electron chi connectivity index (χ4n) is 4.43. The number of likely N-dealkylation sites (tertiary alicyclic amines) is 1. The number of benzene rings is 1. The van der Waals surface area contributed by atoms with Crippen molar-refractivity contribution in [1.82, 2.24) is 24.2 Å². The number of amides is 2. The molecule has 0 bridgehead atoms. The molecular weight excluding hydrogens is 599 g/mol. The van der Waals surface area contributed by atoms with Crippen LogP contribution in [0, 0.1) is 22.7 Å². The van der Waals surface area contributed by atoms with Gasteiger partial charge >= 0.3 is 0 Å². The van der Waals surface area contributed by atoms with E-state index in [1.54, 1.807) is 23.1 Å². The highest BCUT2D eigenvalue weighted by molar-refractivity contribution is 7.92. The molecule has 1 atom stereocenters. The summed E-state index contributed by atoms with van der Waals surface area (Å²) in [5.41, 5.74) is 2.02. The van der Waals surface area contributed by atoms with Crippen LogP contribution < -0.4 is 10.6 Å². The maximum absolute atomic E-state index is 13.5. The van der Waals surface area contributed by atoms with E-state index in [1.165, 1.54) is 12.4 Å². The van der Waals surface area contributed by atoms with Crippen molar-refractivity contribution in [3.8, 4) is 6.07 Å². The molecule has 43 heavy (non-hydrogen) atoms. The lowest BCUT2D eigenvalue weighted by molar-refractivity contribution is -0.136. The Kier molecular flexibility index (Phi) is 10.2. The highest BCUT2D eigenvalue weighted by Gasteiger charge is 2.32. The number of hydrogen-bond acceptors (Lipinski definition) is 10. The van der Waals surface area contributed by atoms with Crippen LogP contribution >= 0.6 is 23.9 Å². The fraction of sp³-hybridized carbons (Fsp3) is 0.429. The van der Waals surface area contributed by atoms with Crippen molar-refractivity contribution in [3.05, 3.63) is 52.4 Å². The molecule has 1 unspecified atom stereocenters. The summed E-state index contributed by atoms with van der Waals surface area (Å²) in [5.74, 6) is -0.943. The molecule has 15 heteroatoms. The van der Waals surface area contributed by atoms with E-state index >= 15 is 0 Å². The molecule has 0 aliphatic carbocycles. The van der Waals surface area contributed by atoms with Crippen molar-refractivity contribution in [2.24, 2.45) is 5.92 Å². The number of hydrogen-bond donors (Lipinski definition) is 3. The van der Waals surface area contributed by atoms with E-state index in [-0.39, 0.29) is 58.5 Å². The molecule has 0 radical (unpaired) electrons. The third-order valence-electron chi connectivity index (χ3n) is 6.54. The summed E-state index contributed by atoms with van der Waals surface area (Å²) in [4.78, 5) is 32.9. The van der Waals surface area contributed by atoms with Gasteiger partial charge in [0, 0.05) is 48.1 Å². The second kappa shape index (κ2) is 13.7. The van der Waals surface area contributed by atoms with Gasteiger partial charge in [-0.2, -0.15) is 5.26 Å². The minimum atomic E-state index is -0.644. The Hall–Kier alpha value is -3.77. The number of rotatable bonds is 9. The van der Waals surface area contributed by atoms with Gasteiger partial charge in [0.25, 0.3) is 5.91 Å². The molecule has 2 fully saturated rings. The quantitative estimate of drug-likeness (QED) is 0.233. The molecule has 5 rings (SSSR count). The predicted octanol–water partition coefficient (Wildman–Crippen LogP) is 4.18. The number of carbonyl (C=O) groups excluding carboxylic acids is 2. The Bertz CT molecular complexity index is 1550. The van der Waals surface area contributed by atoms with E-state index in [4.69, 9.17) is 31.7 Å². The molecule has 12 nitrogen and oxygen atoms in total. The first-order chi connectivity index (χ1) is 20.4. The first-order valence-electron chi connectivity index (χ1n) is 13.5. The largest absolute Gasteiger partial charge is 0.382 e. The van der Waals surface area contributed by atoms with Crippen LogP contribution in [-0.2, 0) is 14.3 Å². The van der Waals surface area contributed by atoms with E-state index < -0.39 is 11.7 Å². The standard InChI is InChI=1S/C23H26ClFN6O3S.C5H6N2O/c1-12(2)29-22(32)16-10-31(35-25)21-20(16)30-18(9-28-21)19(26)15-6-5-13(24)7-17(15)27-8-14-11-33-23(3,4)34-14;6-1-5-2-7(3-5)4-8/h5-7,9-10,12,14,26-27H,8,11H2,1-4H3,(H,29,32);4-5H,2-3H2. The third kappa shape index (κ3) is 7.80. The number of anilines is 1. The van der Waals surface area contributed by atoms with Crippen LogP contribution in [0.1, 0.15) is 49.3 Å². The monoisotopic (exact) mass is 630 g/mol. The molecule has 2 aliphatic heterocycles. The molecule has 3 N–H and O–H groups in total. The Morgan fingerprint density at radius 1 is 1.37 bits per heavy atom. The summed E-state index contributed by atoms with van der Waals surface area (Å²) < 4.78 is 26.0. The molecular formula is C28H32ClFN8O4S. The zero-order valence-corrected chi connectivity index (χ0v) is 25.6. The SMILES string of the molecule is CC(C)NC(=O)c1cn(SF)c2ncc(C(=N)c3ccc(Cl)cc3NCC3COC(C)(C)O3)nc12.N#CC1CN(C=O)C1. The van der Waals surface area contributed by atoms with Crippen molar-refractivity contribution in [1.29, 1.82) is 10.7 Å². The van der Waals surface area contributed by atoms with Crippen LogP contribution in [0.5, 0.6) is 0 Å². The van der Waals surface area contributed by atoms with Gasteiger partial charge in [-0.15, -0.1) is 3.89 Å². The second-order valence-electron chi connectivity index (χ2n) is 10.8. The number of halogens is 2. The Morgan fingerprint density at radius 2 is 2.12 bits per heavy atom. The summed E-state index contributed by atoms with van der Waals surface area (Å²) in [6, 6.07) is 7.06. The molecule has 2 amide bonds. The average Bonchev–Trinajstić information content (AvgIpc) is 3.50. The van der Waals surface area contributed by atoms with E-state index in [0.717, 1.165) is 10.4 Å². The second-order valence-corrected chi connectivity index (χ2v) is 11.7. The maximum atomic E-state index is 13.5. The number of carbonyl (C=O) groups is 2. The minimum Gasteiger partial charge on any atom is -0.382 e. The van der Waals surface area contributed by atoms with Gasteiger partial charge in [0.2, 0.25) is 6.41 Å². The number of ether oxygens (including phenoxy) is 2. The van der Waals surface area contributed by atoms with E-state index in [1.807, 2.05) is 27.7 Å². The van der Waals surface area contributed by atoms with Gasteiger partial charge in [-0.25, -0.2) is 13.9 Å². The number of nitrogens with one attached hydrogen (secondary N) is 3. The topological polar surface area (TPSA) is 158 Å². The van der Waals surface area contributed by atoms with Crippen LogP contribution in [0.25, 0.3) is 11.2 Å². The highest BCUT2D eigenvalue weighted by Crippen LogP contribution is 2.28. The van der Waals surface area contributed by atoms with Gasteiger partial charge in [-0.1, -0.05) is 11.6 Å². The Balaban J connectivity index is 0.000000458. The van der Waals surface area contributed by atoms with Gasteiger partial charge in [-0.3, -0.25) is 15.0 Å². The lowest BCUT2D eigenvalue weighted by Crippen LogP contribution is -2.44. The summed E-state index contributed by atoms with van der Waals surface area (Å²) in [7, 11) is 0.